The highest BCUT2D eigenvalue weighted by Gasteiger charge is 2.52. The van der Waals surface area contributed by atoms with Crippen molar-refractivity contribution in [2.45, 2.75) is 105 Å². The van der Waals surface area contributed by atoms with E-state index >= 15 is 0 Å². The second-order valence-electron chi connectivity index (χ2n) is 11.8. The molecule has 0 aromatic rings. The summed E-state index contributed by atoms with van der Waals surface area (Å²) in [6.07, 6.45) is 0. The maximum Gasteiger partial charge on any atom is 0.361 e. The molecule has 0 unspecified atom stereocenters. The van der Waals surface area contributed by atoms with Gasteiger partial charge in [0.2, 0.25) is 0 Å². The van der Waals surface area contributed by atoms with E-state index < -0.39 is 20.9 Å². The molecule has 0 aliphatic carbocycles. The van der Waals surface area contributed by atoms with Crippen molar-refractivity contribution < 1.29 is 28.7 Å². The summed E-state index contributed by atoms with van der Waals surface area (Å²) in [5, 5.41) is 11.3. The van der Waals surface area contributed by atoms with Crippen LogP contribution in [0.15, 0.2) is 9.03 Å². The van der Waals surface area contributed by atoms with Gasteiger partial charge in [-0.1, -0.05) is 0 Å². The third-order valence-corrected chi connectivity index (χ3v) is 16.7. The summed E-state index contributed by atoms with van der Waals surface area (Å²) in [7, 11) is -3.06. The smallest absolute Gasteiger partial charge is 0.361 e. The van der Waals surface area contributed by atoms with E-state index in [0.717, 1.165) is 0 Å². The number of hydrogen-bond donors (Lipinski definition) is 4. The summed E-state index contributed by atoms with van der Waals surface area (Å²) in [6, 6.07) is 0. The van der Waals surface area contributed by atoms with Gasteiger partial charge in [-0.15, -0.1) is 8.96 Å². The maximum atomic E-state index is 6.83. The lowest BCUT2D eigenvalue weighted by molar-refractivity contribution is -0.522. The average molecular weight is 636 g/mol. The van der Waals surface area contributed by atoms with E-state index in [1.54, 1.807) is 0 Å². The molecule has 0 radical (unpaired) electrons. The largest absolute Gasteiger partial charge is 1.00 e. The van der Waals surface area contributed by atoms with Crippen LogP contribution in [0.25, 0.3) is 0 Å². The Morgan fingerprint density at radius 1 is 0.700 bits per heavy atom. The van der Waals surface area contributed by atoms with E-state index in [9.17, 15) is 0 Å². The lowest BCUT2D eigenvalue weighted by Crippen LogP contribution is -3.00. The summed E-state index contributed by atoms with van der Waals surface area (Å²) in [5.74, 6) is -2.96. The zero-order valence-electron chi connectivity index (χ0n) is 20.8. The fourth-order valence-electron chi connectivity index (χ4n) is 2.94. The quantitative estimate of drug-likeness (QED) is 0.284. The number of hydrogen-bond acceptors (Lipinski definition) is 3. The van der Waals surface area contributed by atoms with Gasteiger partial charge in [-0.25, -0.2) is 9.83 Å². The molecule has 1 heterocycles. The van der Waals surface area contributed by atoms with Crippen LogP contribution in [0, 0.1) is 0 Å². The highest BCUT2D eigenvalue weighted by Crippen LogP contribution is 2.80. The van der Waals surface area contributed by atoms with Crippen LogP contribution in [0.1, 0.15) is 83.1 Å². The van der Waals surface area contributed by atoms with Crippen LogP contribution >= 0.6 is 43.4 Å². The molecule has 4 N–H and O–H groups in total. The zero-order chi connectivity index (χ0) is 23.3. The SMILES string of the molecule is CN1P(NC(C)(C)C)(NC(C)(C)C)=NP(Cl)(Cl)=N[P@@]1(NC(C)(C)C)=[NH+]C(C)(C)C.[I-]. The maximum absolute atomic E-state index is 6.83. The van der Waals surface area contributed by atoms with Gasteiger partial charge in [0.15, 0.2) is 13.0 Å². The van der Waals surface area contributed by atoms with E-state index in [-0.39, 0.29) is 46.1 Å². The van der Waals surface area contributed by atoms with Gasteiger partial charge in [0.1, 0.15) is 0 Å². The molecule has 1 atom stereocenters. The van der Waals surface area contributed by atoms with Crippen molar-refractivity contribution >= 4 is 43.4 Å². The zero-order valence-corrected chi connectivity index (χ0v) is 27.2. The predicted octanol–water partition coefficient (Wildman–Crippen LogP) is 3.30. The molecule has 1 aliphatic heterocycles. The fourth-order valence-corrected chi connectivity index (χ4v) is 18.2. The van der Waals surface area contributed by atoms with Crippen molar-refractivity contribution in [1.82, 2.24) is 19.7 Å². The molecule has 0 saturated heterocycles. The molecule has 0 bridgehead atoms. The van der Waals surface area contributed by atoms with E-state index in [4.69, 9.17) is 31.5 Å². The monoisotopic (exact) mass is 635 g/mol. The molecule has 13 heteroatoms. The summed E-state index contributed by atoms with van der Waals surface area (Å²) in [6.45, 7) is 25.6. The van der Waals surface area contributed by atoms with E-state index in [0.29, 0.717) is 0 Å². The van der Waals surface area contributed by atoms with Crippen LogP contribution in [0.4, 0.5) is 0 Å². The molecular formula is C17H43Cl2IN7P3. The van der Waals surface area contributed by atoms with Crippen LogP contribution in [-0.4, -0.2) is 33.6 Å². The molecule has 0 aromatic carbocycles. The summed E-state index contributed by atoms with van der Waals surface area (Å²) in [5.41, 5.74) is -0.857. The molecule has 7 nitrogen and oxygen atoms in total. The van der Waals surface area contributed by atoms with Gasteiger partial charge in [0.25, 0.3) is 5.91 Å². The van der Waals surface area contributed by atoms with Gasteiger partial charge >= 0.3 is 7.51 Å². The first-order valence-corrected chi connectivity index (χ1v) is 16.8. The fraction of sp³-hybridized carbons (Fsp3) is 1.00. The minimum absolute atomic E-state index is 0. The van der Waals surface area contributed by atoms with Crippen LogP contribution in [0.3, 0.4) is 0 Å². The Balaban J connectivity index is 0.00000841. The molecule has 1 rings (SSSR count). The first-order chi connectivity index (χ1) is 12.4. The Morgan fingerprint density at radius 2 is 1.07 bits per heavy atom. The summed E-state index contributed by atoms with van der Waals surface area (Å²) in [4.78, 5) is 0. The molecule has 0 fully saturated rings. The minimum Gasteiger partial charge on any atom is -1.00 e. The highest BCUT2D eigenvalue weighted by molar-refractivity contribution is 8.13. The molecule has 0 amide bonds. The summed E-state index contributed by atoms with van der Waals surface area (Å²) < 4.78 is 16.0. The van der Waals surface area contributed by atoms with Gasteiger partial charge < -0.3 is 24.0 Å². The Morgan fingerprint density at radius 3 is 1.37 bits per heavy atom. The van der Waals surface area contributed by atoms with Crippen molar-refractivity contribution in [1.29, 1.82) is 0 Å². The van der Waals surface area contributed by atoms with E-state index in [2.05, 4.69) is 115 Å². The van der Waals surface area contributed by atoms with Gasteiger partial charge in [0.05, 0.1) is 0 Å². The van der Waals surface area contributed by atoms with Gasteiger partial charge in [-0.2, -0.15) is 4.52 Å². The molecule has 1 aliphatic rings. The van der Waals surface area contributed by atoms with Gasteiger partial charge in [-0.05, 0) is 106 Å². The minimum atomic E-state index is -2.96. The number of nitrogens with one attached hydrogen (secondary N) is 4. The third-order valence-electron chi connectivity index (χ3n) is 3.28. The topological polar surface area (TPSA) is 78.0 Å². The Labute approximate surface area is 212 Å². The normalized spacial score (nSPS) is 25.0. The van der Waals surface area contributed by atoms with Crippen LogP contribution in [0.5, 0.6) is 0 Å². The average Bonchev–Trinajstić information content (AvgIpc) is 2.25. The van der Waals surface area contributed by atoms with Crippen molar-refractivity contribution in [3.05, 3.63) is 0 Å². The number of rotatable bonds is 3. The van der Waals surface area contributed by atoms with E-state index in [1.807, 2.05) is 0 Å². The third kappa shape index (κ3) is 9.99. The van der Waals surface area contributed by atoms with Crippen molar-refractivity contribution in [2.75, 3.05) is 7.05 Å². The molecular weight excluding hydrogens is 593 g/mol. The number of halogens is 3. The lowest BCUT2D eigenvalue weighted by Gasteiger charge is -2.47. The van der Waals surface area contributed by atoms with Crippen molar-refractivity contribution in [2.24, 2.45) is 9.03 Å². The van der Waals surface area contributed by atoms with Crippen LogP contribution in [-0.2, 0) is 0 Å². The van der Waals surface area contributed by atoms with Crippen LogP contribution < -0.4 is 44.0 Å². The Bertz CT molecular complexity index is 761. The Kier molecular flexibility index (Phi) is 10.4. The van der Waals surface area contributed by atoms with Crippen LogP contribution in [0.2, 0.25) is 0 Å². The molecule has 30 heavy (non-hydrogen) atoms. The molecule has 0 spiro atoms. The Hall–Kier alpha value is 1.84. The van der Waals surface area contributed by atoms with Crippen molar-refractivity contribution in [3.8, 4) is 0 Å². The first kappa shape index (κ1) is 31.8. The predicted molar refractivity (Wildman–Crippen MR) is 134 cm³/mol. The second-order valence-corrected chi connectivity index (χ2v) is 22.3. The second kappa shape index (κ2) is 9.84. The molecule has 0 saturated carbocycles. The number of nitrogens with zero attached hydrogens (tertiary/aromatic N) is 3. The highest BCUT2D eigenvalue weighted by atomic mass is 127. The standard InChI is InChI=1S/C17H42Cl2N7P3.HI/c1-14(2,3)20-28(21-15(4,5)6)24-27(18,19)25-29(26(28)13,22-16(7,8)9)23-17(10,11)12;/h20-21H,1-13H3,(H,22,23);1H. The molecule has 182 valence electrons. The van der Waals surface area contributed by atoms with Gasteiger partial charge in [-0.3, -0.25) is 10.2 Å². The lowest BCUT2D eigenvalue weighted by atomic mass is 10.1. The first-order valence-electron chi connectivity index (χ1n) is 9.88. The van der Waals surface area contributed by atoms with E-state index in [1.165, 1.54) is 0 Å². The van der Waals surface area contributed by atoms with Crippen molar-refractivity contribution in [3.63, 3.8) is 0 Å². The molecule has 0 aromatic heterocycles. The van der Waals surface area contributed by atoms with Gasteiger partial charge in [0, 0.05) is 23.7 Å². The summed E-state index contributed by atoms with van der Waals surface area (Å²) >= 11 is 13.7.